The zero-order chi connectivity index (χ0) is 15.5. The van der Waals surface area contributed by atoms with Gasteiger partial charge in [-0.1, -0.05) is 23.7 Å². The number of nitriles is 1. The number of sulfonamides is 1. The number of nitrogens with two attached hydrogens (primary N) is 1. The quantitative estimate of drug-likeness (QED) is 0.935. The van der Waals surface area contributed by atoms with Crippen LogP contribution in [0.1, 0.15) is 11.1 Å². The summed E-state index contributed by atoms with van der Waals surface area (Å²) in [5.74, 6) is 0.355. The summed E-state index contributed by atoms with van der Waals surface area (Å²) in [6.07, 6.45) is 0. The average Bonchev–Trinajstić information content (AvgIpc) is 2.45. The Morgan fingerprint density at radius 2 is 1.86 bits per heavy atom. The van der Waals surface area contributed by atoms with Crippen molar-refractivity contribution in [2.24, 2.45) is 5.14 Å². The molecular formula is C14H11ClN2O3S. The Labute approximate surface area is 127 Å². The molecule has 0 spiro atoms. The maximum Gasteiger partial charge on any atom is 0.238 e. The Bertz CT molecular complexity index is 796. The summed E-state index contributed by atoms with van der Waals surface area (Å²) in [7, 11) is -3.79. The fourth-order valence-corrected chi connectivity index (χ4v) is 2.45. The summed E-state index contributed by atoms with van der Waals surface area (Å²) in [5, 5.41) is 13.9. The van der Waals surface area contributed by atoms with Gasteiger partial charge in [-0.2, -0.15) is 5.26 Å². The van der Waals surface area contributed by atoms with E-state index in [0.717, 1.165) is 5.56 Å². The fraction of sp³-hybridized carbons (Fsp3) is 0.0714. The number of hydrogen-bond donors (Lipinski definition) is 1. The lowest BCUT2D eigenvalue weighted by molar-refractivity contribution is 0.306. The molecule has 0 fully saturated rings. The monoisotopic (exact) mass is 322 g/mol. The molecule has 21 heavy (non-hydrogen) atoms. The van der Waals surface area contributed by atoms with Crippen molar-refractivity contribution in [3.05, 3.63) is 58.6 Å². The minimum atomic E-state index is -3.79. The van der Waals surface area contributed by atoms with E-state index >= 15 is 0 Å². The molecule has 0 saturated carbocycles. The van der Waals surface area contributed by atoms with Crippen LogP contribution in [0.15, 0.2) is 47.4 Å². The average molecular weight is 323 g/mol. The second kappa shape index (κ2) is 6.14. The number of halogens is 1. The maximum atomic E-state index is 11.2. The first-order valence-corrected chi connectivity index (χ1v) is 7.77. The molecule has 0 saturated heterocycles. The van der Waals surface area contributed by atoms with Crippen molar-refractivity contribution in [2.45, 2.75) is 11.5 Å². The van der Waals surface area contributed by atoms with Gasteiger partial charge in [0.05, 0.1) is 21.6 Å². The summed E-state index contributed by atoms with van der Waals surface area (Å²) in [5.41, 5.74) is 1.43. The first-order valence-electron chi connectivity index (χ1n) is 5.84. The van der Waals surface area contributed by atoms with Crippen molar-refractivity contribution < 1.29 is 13.2 Å². The number of hydrogen-bond acceptors (Lipinski definition) is 4. The third kappa shape index (κ3) is 3.95. The highest BCUT2D eigenvalue weighted by Gasteiger charge is 2.11. The molecule has 0 bridgehead atoms. The van der Waals surface area contributed by atoms with E-state index in [4.69, 9.17) is 26.7 Å². The lowest BCUT2D eigenvalue weighted by atomic mass is 10.2. The summed E-state index contributed by atoms with van der Waals surface area (Å²) < 4.78 is 27.9. The molecule has 0 atom stereocenters. The number of primary sulfonamides is 1. The predicted molar refractivity (Wildman–Crippen MR) is 78.3 cm³/mol. The second-order valence-electron chi connectivity index (χ2n) is 4.23. The minimum absolute atomic E-state index is 0.0711. The largest absolute Gasteiger partial charge is 0.487 e. The van der Waals surface area contributed by atoms with Crippen LogP contribution in [-0.4, -0.2) is 8.42 Å². The first kappa shape index (κ1) is 15.3. The molecule has 0 heterocycles. The number of rotatable bonds is 4. The first-order chi connectivity index (χ1) is 9.90. The van der Waals surface area contributed by atoms with E-state index in [9.17, 15) is 8.42 Å². The van der Waals surface area contributed by atoms with Gasteiger partial charge in [0.1, 0.15) is 12.4 Å². The molecule has 0 aromatic heterocycles. The van der Waals surface area contributed by atoms with Crippen LogP contribution in [-0.2, 0) is 16.6 Å². The second-order valence-corrected chi connectivity index (χ2v) is 6.20. The molecule has 2 N–H and O–H groups in total. The number of nitrogens with zero attached hydrogens (tertiary/aromatic N) is 1. The van der Waals surface area contributed by atoms with Gasteiger partial charge in [0.25, 0.3) is 0 Å². The molecule has 5 nitrogen and oxygen atoms in total. The van der Waals surface area contributed by atoms with Crippen molar-refractivity contribution in [2.75, 3.05) is 0 Å². The van der Waals surface area contributed by atoms with Crippen molar-refractivity contribution in [1.29, 1.82) is 5.26 Å². The molecule has 0 amide bonds. The van der Waals surface area contributed by atoms with Gasteiger partial charge in [-0.3, -0.25) is 0 Å². The molecule has 0 aliphatic rings. The van der Waals surface area contributed by atoms with E-state index in [1.807, 2.05) is 6.07 Å². The van der Waals surface area contributed by atoms with Crippen molar-refractivity contribution in [3.8, 4) is 11.8 Å². The Morgan fingerprint density at radius 3 is 2.38 bits per heavy atom. The topological polar surface area (TPSA) is 93.2 Å². The molecule has 108 valence electrons. The maximum absolute atomic E-state index is 11.2. The van der Waals surface area contributed by atoms with Crippen LogP contribution in [0.5, 0.6) is 5.75 Å². The van der Waals surface area contributed by atoms with E-state index < -0.39 is 10.0 Å². The molecule has 0 aliphatic heterocycles. The Kier molecular flexibility index (Phi) is 4.48. The normalized spacial score (nSPS) is 10.9. The summed E-state index contributed by atoms with van der Waals surface area (Å²) in [6.45, 7) is 0.250. The van der Waals surface area contributed by atoms with E-state index in [1.54, 1.807) is 24.3 Å². The van der Waals surface area contributed by atoms with Gasteiger partial charge in [0.2, 0.25) is 10.0 Å². The highest BCUT2D eigenvalue weighted by molar-refractivity contribution is 7.89. The molecule has 2 aromatic carbocycles. The molecule has 2 rings (SSSR count). The Balaban J connectivity index is 2.11. The van der Waals surface area contributed by atoms with Crippen LogP contribution in [0.4, 0.5) is 0 Å². The van der Waals surface area contributed by atoms with Gasteiger partial charge < -0.3 is 4.74 Å². The highest BCUT2D eigenvalue weighted by Crippen LogP contribution is 2.27. The van der Waals surface area contributed by atoms with Crippen molar-refractivity contribution >= 4 is 21.6 Å². The lowest BCUT2D eigenvalue weighted by Crippen LogP contribution is -2.12. The van der Waals surface area contributed by atoms with Crippen LogP contribution >= 0.6 is 11.6 Å². The molecule has 0 radical (unpaired) electrons. The smallest absolute Gasteiger partial charge is 0.238 e. The van der Waals surface area contributed by atoms with Crippen LogP contribution in [0.3, 0.4) is 0 Å². The SMILES string of the molecule is N#Cc1ccc(COc2ccc(S(N)(=O)=O)cc2Cl)cc1. The van der Waals surface area contributed by atoms with Crippen LogP contribution in [0, 0.1) is 11.3 Å². The summed E-state index contributed by atoms with van der Waals surface area (Å²) in [6, 6.07) is 13.0. The lowest BCUT2D eigenvalue weighted by Gasteiger charge is -2.09. The standard InChI is InChI=1S/C14H11ClN2O3S/c15-13-7-12(21(17,18)19)5-6-14(13)20-9-11-3-1-10(8-16)2-4-11/h1-7H,9H2,(H2,17,18,19). The van der Waals surface area contributed by atoms with E-state index in [2.05, 4.69) is 0 Å². The van der Waals surface area contributed by atoms with Gasteiger partial charge >= 0.3 is 0 Å². The van der Waals surface area contributed by atoms with Gasteiger partial charge in [-0.05, 0) is 35.9 Å². The van der Waals surface area contributed by atoms with Gasteiger partial charge in [-0.15, -0.1) is 0 Å². The Hall–Kier alpha value is -2.07. The third-order valence-corrected chi connectivity index (χ3v) is 3.92. The van der Waals surface area contributed by atoms with Gasteiger partial charge in [0.15, 0.2) is 0 Å². The number of benzene rings is 2. The van der Waals surface area contributed by atoms with E-state index in [0.29, 0.717) is 11.3 Å². The number of ether oxygens (including phenoxy) is 1. The van der Waals surface area contributed by atoms with E-state index in [1.165, 1.54) is 18.2 Å². The molecule has 2 aromatic rings. The fourth-order valence-electron chi connectivity index (χ4n) is 1.61. The molecule has 7 heteroatoms. The van der Waals surface area contributed by atoms with Gasteiger partial charge in [-0.25, -0.2) is 13.6 Å². The van der Waals surface area contributed by atoms with Crippen molar-refractivity contribution in [3.63, 3.8) is 0 Å². The van der Waals surface area contributed by atoms with Gasteiger partial charge in [0, 0.05) is 0 Å². The van der Waals surface area contributed by atoms with Crippen molar-refractivity contribution in [1.82, 2.24) is 0 Å². The zero-order valence-electron chi connectivity index (χ0n) is 10.8. The van der Waals surface area contributed by atoms with Crippen LogP contribution in [0.25, 0.3) is 0 Å². The predicted octanol–water partition coefficient (Wildman–Crippen LogP) is 2.44. The summed E-state index contributed by atoms with van der Waals surface area (Å²) >= 11 is 5.96. The molecule has 0 aliphatic carbocycles. The molecule has 0 unspecified atom stereocenters. The minimum Gasteiger partial charge on any atom is -0.487 e. The summed E-state index contributed by atoms with van der Waals surface area (Å²) in [4.78, 5) is -0.0711. The molecular weight excluding hydrogens is 312 g/mol. The zero-order valence-corrected chi connectivity index (χ0v) is 12.4. The Morgan fingerprint density at radius 1 is 1.19 bits per heavy atom. The third-order valence-electron chi connectivity index (χ3n) is 2.71. The van der Waals surface area contributed by atoms with Crippen LogP contribution < -0.4 is 9.88 Å². The van der Waals surface area contributed by atoms with Crippen LogP contribution in [0.2, 0.25) is 5.02 Å². The highest BCUT2D eigenvalue weighted by atomic mass is 35.5. The van der Waals surface area contributed by atoms with E-state index in [-0.39, 0.29) is 16.5 Å².